The van der Waals surface area contributed by atoms with Gasteiger partial charge < -0.3 is 9.73 Å². The van der Waals surface area contributed by atoms with Gasteiger partial charge in [-0.3, -0.25) is 4.79 Å². The van der Waals surface area contributed by atoms with Crippen molar-refractivity contribution in [3.63, 3.8) is 0 Å². The van der Waals surface area contributed by atoms with Crippen molar-refractivity contribution in [2.75, 3.05) is 5.75 Å². The molecule has 1 amide bonds. The fourth-order valence-corrected chi connectivity index (χ4v) is 3.12. The van der Waals surface area contributed by atoms with Crippen LogP contribution < -0.4 is 5.32 Å². The summed E-state index contributed by atoms with van der Waals surface area (Å²) in [5.41, 5.74) is 2.75. The number of hydrogen-bond acceptors (Lipinski definition) is 4. The van der Waals surface area contributed by atoms with Crippen LogP contribution in [-0.4, -0.2) is 22.7 Å². The van der Waals surface area contributed by atoms with Gasteiger partial charge in [-0.05, 0) is 13.3 Å². The van der Waals surface area contributed by atoms with E-state index in [9.17, 15) is 4.79 Å². The molecule has 0 saturated carbocycles. The van der Waals surface area contributed by atoms with Crippen molar-refractivity contribution in [3.05, 3.63) is 60.7 Å². The van der Waals surface area contributed by atoms with Gasteiger partial charge in [0.25, 0.3) is 5.22 Å². The molecule has 0 saturated heterocycles. The topological polar surface area (TPSA) is 55.1 Å². The SMILES string of the molecule is CCC(C)NC(=O)CSc1nc(-c2ccccc2)c(-c2ccccc2)o1. The van der Waals surface area contributed by atoms with E-state index >= 15 is 0 Å². The Hall–Kier alpha value is -2.53. The van der Waals surface area contributed by atoms with Gasteiger partial charge in [-0.1, -0.05) is 79.3 Å². The monoisotopic (exact) mass is 366 g/mol. The zero-order valence-electron chi connectivity index (χ0n) is 14.9. The van der Waals surface area contributed by atoms with Gasteiger partial charge in [-0.2, -0.15) is 0 Å². The quantitative estimate of drug-likeness (QED) is 0.597. The lowest BCUT2D eigenvalue weighted by Crippen LogP contribution is -2.33. The van der Waals surface area contributed by atoms with E-state index in [4.69, 9.17) is 4.42 Å². The minimum absolute atomic E-state index is 0.00919. The average molecular weight is 366 g/mol. The Kier molecular flexibility index (Phi) is 6.12. The number of amides is 1. The maximum Gasteiger partial charge on any atom is 0.257 e. The molecule has 0 aliphatic carbocycles. The van der Waals surface area contributed by atoms with Gasteiger partial charge in [0.05, 0.1) is 5.75 Å². The molecule has 5 heteroatoms. The number of carbonyl (C=O) groups is 1. The summed E-state index contributed by atoms with van der Waals surface area (Å²) in [6.45, 7) is 4.04. The molecule has 3 rings (SSSR count). The second kappa shape index (κ2) is 8.72. The van der Waals surface area contributed by atoms with Gasteiger partial charge in [0, 0.05) is 17.2 Å². The summed E-state index contributed by atoms with van der Waals surface area (Å²) >= 11 is 1.32. The third-order valence-corrected chi connectivity index (χ3v) is 4.87. The standard InChI is InChI=1S/C21H22N2O2S/c1-3-15(2)22-18(24)14-26-21-23-19(16-10-6-4-7-11-16)20(25-21)17-12-8-5-9-13-17/h4-13,15H,3,14H2,1-2H3,(H,22,24). The lowest BCUT2D eigenvalue weighted by atomic mass is 10.1. The summed E-state index contributed by atoms with van der Waals surface area (Å²) in [6, 6.07) is 20.0. The molecule has 0 spiro atoms. The summed E-state index contributed by atoms with van der Waals surface area (Å²) in [6.07, 6.45) is 0.908. The summed E-state index contributed by atoms with van der Waals surface area (Å²) in [7, 11) is 0. The highest BCUT2D eigenvalue weighted by Gasteiger charge is 2.18. The van der Waals surface area contributed by atoms with Crippen molar-refractivity contribution in [2.45, 2.75) is 31.5 Å². The van der Waals surface area contributed by atoms with Gasteiger partial charge in [-0.25, -0.2) is 4.98 Å². The van der Waals surface area contributed by atoms with Crippen LogP contribution in [0.25, 0.3) is 22.6 Å². The maximum absolute atomic E-state index is 12.0. The highest BCUT2D eigenvalue weighted by atomic mass is 32.2. The molecule has 4 nitrogen and oxygen atoms in total. The normalized spacial score (nSPS) is 11.9. The predicted octanol–water partition coefficient (Wildman–Crippen LogP) is 5.02. The first-order chi connectivity index (χ1) is 12.7. The molecule has 1 aromatic heterocycles. The third kappa shape index (κ3) is 4.55. The van der Waals surface area contributed by atoms with Crippen molar-refractivity contribution >= 4 is 17.7 Å². The van der Waals surface area contributed by atoms with Crippen molar-refractivity contribution < 1.29 is 9.21 Å². The second-order valence-corrected chi connectivity index (χ2v) is 6.98. The van der Waals surface area contributed by atoms with Gasteiger partial charge in [0.15, 0.2) is 5.76 Å². The fraction of sp³-hybridized carbons (Fsp3) is 0.238. The van der Waals surface area contributed by atoms with Gasteiger partial charge in [0.2, 0.25) is 5.91 Å². The minimum atomic E-state index is -0.00919. The molecule has 134 valence electrons. The van der Waals surface area contributed by atoms with Crippen LogP contribution in [0.4, 0.5) is 0 Å². The molecule has 3 aromatic rings. The largest absolute Gasteiger partial charge is 0.431 e. The zero-order chi connectivity index (χ0) is 18.4. The molecular formula is C21H22N2O2S. The van der Waals surface area contributed by atoms with Crippen LogP contribution in [0, 0.1) is 0 Å². The van der Waals surface area contributed by atoms with Gasteiger partial charge >= 0.3 is 0 Å². The van der Waals surface area contributed by atoms with Crippen molar-refractivity contribution in [3.8, 4) is 22.6 Å². The van der Waals surface area contributed by atoms with Crippen LogP contribution >= 0.6 is 11.8 Å². The Balaban J connectivity index is 1.84. The summed E-state index contributed by atoms with van der Waals surface area (Å²) < 4.78 is 6.01. The van der Waals surface area contributed by atoms with Crippen LogP contribution in [-0.2, 0) is 4.79 Å². The molecule has 0 aliphatic heterocycles. The predicted molar refractivity (Wildman–Crippen MR) is 106 cm³/mol. The number of thioether (sulfide) groups is 1. The van der Waals surface area contributed by atoms with E-state index < -0.39 is 0 Å². The minimum Gasteiger partial charge on any atom is -0.431 e. The Bertz CT molecular complexity index is 790. The number of carbonyl (C=O) groups excluding carboxylic acids is 1. The Morgan fingerprint density at radius 3 is 2.31 bits per heavy atom. The van der Waals surface area contributed by atoms with E-state index in [1.807, 2.05) is 74.5 Å². The fourth-order valence-electron chi connectivity index (χ4n) is 2.48. The maximum atomic E-state index is 12.0. The molecule has 0 bridgehead atoms. The Morgan fingerprint density at radius 2 is 1.69 bits per heavy atom. The van der Waals surface area contributed by atoms with Crippen LogP contribution in [0.5, 0.6) is 0 Å². The number of aromatic nitrogens is 1. The highest BCUT2D eigenvalue weighted by molar-refractivity contribution is 7.99. The first-order valence-corrected chi connectivity index (χ1v) is 9.69. The van der Waals surface area contributed by atoms with E-state index in [0.717, 1.165) is 29.0 Å². The molecule has 0 fully saturated rings. The van der Waals surface area contributed by atoms with Crippen LogP contribution in [0.15, 0.2) is 70.3 Å². The second-order valence-electron chi connectivity index (χ2n) is 6.06. The number of hydrogen-bond donors (Lipinski definition) is 1. The zero-order valence-corrected chi connectivity index (χ0v) is 15.8. The van der Waals surface area contributed by atoms with E-state index in [2.05, 4.69) is 10.3 Å². The van der Waals surface area contributed by atoms with Crippen LogP contribution in [0.3, 0.4) is 0 Å². The Labute approximate surface area is 158 Å². The number of nitrogens with zero attached hydrogens (tertiary/aromatic N) is 1. The number of oxazole rings is 1. The molecule has 26 heavy (non-hydrogen) atoms. The molecule has 1 unspecified atom stereocenters. The first-order valence-electron chi connectivity index (χ1n) is 8.71. The van der Waals surface area contributed by atoms with Crippen LogP contribution in [0.1, 0.15) is 20.3 Å². The van der Waals surface area contributed by atoms with E-state index in [-0.39, 0.29) is 17.7 Å². The summed E-state index contributed by atoms with van der Waals surface area (Å²) in [5.74, 6) is 1.000. The molecule has 1 heterocycles. The molecular weight excluding hydrogens is 344 g/mol. The molecule has 0 aliphatic rings. The number of benzene rings is 2. The highest BCUT2D eigenvalue weighted by Crippen LogP contribution is 2.35. The molecule has 1 N–H and O–H groups in total. The van der Waals surface area contributed by atoms with E-state index in [1.54, 1.807) is 0 Å². The first kappa shape index (κ1) is 18.3. The van der Waals surface area contributed by atoms with E-state index in [1.165, 1.54) is 11.8 Å². The molecule has 2 aromatic carbocycles. The summed E-state index contributed by atoms with van der Waals surface area (Å²) in [5, 5.41) is 3.46. The van der Waals surface area contributed by atoms with Gasteiger partial charge in [0.1, 0.15) is 5.69 Å². The average Bonchev–Trinajstić information content (AvgIpc) is 3.12. The van der Waals surface area contributed by atoms with Crippen molar-refractivity contribution in [1.82, 2.24) is 10.3 Å². The number of rotatable bonds is 7. The van der Waals surface area contributed by atoms with Gasteiger partial charge in [-0.15, -0.1) is 0 Å². The molecule has 1 atom stereocenters. The van der Waals surface area contributed by atoms with E-state index in [0.29, 0.717) is 5.22 Å². The third-order valence-electron chi connectivity index (χ3n) is 4.04. The van der Waals surface area contributed by atoms with Crippen molar-refractivity contribution in [1.29, 1.82) is 0 Å². The Morgan fingerprint density at radius 1 is 1.08 bits per heavy atom. The smallest absolute Gasteiger partial charge is 0.257 e. The van der Waals surface area contributed by atoms with Crippen molar-refractivity contribution in [2.24, 2.45) is 0 Å². The lowest BCUT2D eigenvalue weighted by Gasteiger charge is -2.09. The number of nitrogens with one attached hydrogen (secondary N) is 1. The lowest BCUT2D eigenvalue weighted by molar-refractivity contribution is -0.119. The molecule has 0 radical (unpaired) electrons. The van der Waals surface area contributed by atoms with Crippen LogP contribution in [0.2, 0.25) is 0 Å². The summed E-state index contributed by atoms with van der Waals surface area (Å²) in [4.78, 5) is 16.7.